The van der Waals surface area contributed by atoms with E-state index in [1.807, 2.05) is 19.1 Å². The summed E-state index contributed by atoms with van der Waals surface area (Å²) in [7, 11) is 0. The van der Waals surface area contributed by atoms with Crippen LogP contribution in [0, 0.1) is 12.3 Å². The number of nitrogens with zero attached hydrogens (tertiary/aromatic N) is 6. The van der Waals surface area contributed by atoms with Gasteiger partial charge in [-0.3, -0.25) is 14.4 Å². The minimum absolute atomic E-state index is 0.101. The molecule has 41 heavy (non-hydrogen) atoms. The van der Waals surface area contributed by atoms with Gasteiger partial charge in [-0.05, 0) is 67.0 Å². The average molecular weight is 553 g/mol. The van der Waals surface area contributed by atoms with Crippen molar-refractivity contribution in [1.29, 1.82) is 0 Å². The number of hydrogen-bond acceptors (Lipinski definition) is 8. The standard InChI is InChI=1S/C31H32N6O4/c1-5-15-30-17-23-25(27-32-35-37(34-27)29(40)21-12-8-7-11-19(21)3)36(33-26(23)31(30,18-30)16-6-2)28(39)22-13-9-10-14-24(22)41-20(4)38/h7-14H,5-6,15-18H2,1-4H3. The molecule has 0 spiro atoms. The van der Waals surface area contributed by atoms with Crippen LogP contribution in [0.4, 0.5) is 0 Å². The van der Waals surface area contributed by atoms with Crippen molar-refractivity contribution < 1.29 is 19.1 Å². The largest absolute Gasteiger partial charge is 0.426 e. The van der Waals surface area contributed by atoms with Gasteiger partial charge in [-0.2, -0.15) is 9.78 Å². The van der Waals surface area contributed by atoms with E-state index in [1.54, 1.807) is 36.4 Å². The second kappa shape index (κ2) is 9.87. The molecule has 0 aliphatic heterocycles. The summed E-state index contributed by atoms with van der Waals surface area (Å²) < 4.78 is 6.67. The third kappa shape index (κ3) is 4.11. The highest BCUT2D eigenvalue weighted by Gasteiger charge is 2.72. The summed E-state index contributed by atoms with van der Waals surface area (Å²) in [5.74, 6) is -1.12. The number of carbonyl (C=O) groups excluding carboxylic acids is 3. The maximum atomic E-state index is 14.1. The van der Waals surface area contributed by atoms with E-state index < -0.39 is 17.8 Å². The van der Waals surface area contributed by atoms with Crippen LogP contribution in [0.2, 0.25) is 0 Å². The van der Waals surface area contributed by atoms with E-state index in [1.165, 1.54) is 11.6 Å². The molecule has 6 rings (SSSR count). The fourth-order valence-corrected chi connectivity index (χ4v) is 6.93. The van der Waals surface area contributed by atoms with Crippen LogP contribution in [0.25, 0.3) is 11.5 Å². The molecule has 2 heterocycles. The summed E-state index contributed by atoms with van der Waals surface area (Å²) in [6.07, 6.45) is 5.88. The number of aromatic nitrogens is 6. The van der Waals surface area contributed by atoms with Crippen LogP contribution in [-0.2, 0) is 16.6 Å². The van der Waals surface area contributed by atoms with Gasteiger partial charge < -0.3 is 4.74 Å². The Kier molecular flexibility index (Phi) is 6.43. The van der Waals surface area contributed by atoms with Gasteiger partial charge in [0.1, 0.15) is 11.4 Å². The molecule has 0 N–H and O–H groups in total. The maximum Gasteiger partial charge on any atom is 0.308 e. The summed E-state index contributed by atoms with van der Waals surface area (Å²) in [5.41, 5.74) is 3.72. The van der Waals surface area contributed by atoms with Crippen LogP contribution < -0.4 is 4.74 Å². The number of para-hydroxylation sites is 1. The number of carbonyl (C=O) groups is 3. The Labute approximate surface area is 237 Å². The summed E-state index contributed by atoms with van der Waals surface area (Å²) >= 11 is 0. The SMILES string of the molecule is CCCC12Cc3c(nn(C(=O)c4ccccc4OC(C)=O)c3-c3nnn(C(=O)c4ccccc4C)n3)C1(CCC)C2. The molecule has 10 nitrogen and oxygen atoms in total. The molecular formula is C31H32N6O4. The monoisotopic (exact) mass is 552 g/mol. The Hall–Kier alpha value is -4.47. The number of hydrogen-bond donors (Lipinski definition) is 0. The summed E-state index contributed by atoms with van der Waals surface area (Å²) in [5, 5.41) is 17.8. The lowest BCUT2D eigenvalue weighted by atomic mass is 9.87. The number of fused-ring (bicyclic) bond motifs is 3. The molecule has 0 radical (unpaired) electrons. The van der Waals surface area contributed by atoms with E-state index in [9.17, 15) is 14.4 Å². The lowest BCUT2D eigenvalue weighted by Gasteiger charge is -2.18. The minimum Gasteiger partial charge on any atom is -0.426 e. The Balaban J connectivity index is 1.50. The van der Waals surface area contributed by atoms with E-state index in [2.05, 4.69) is 29.3 Å². The van der Waals surface area contributed by atoms with E-state index in [-0.39, 0.29) is 28.0 Å². The molecular weight excluding hydrogens is 520 g/mol. The van der Waals surface area contributed by atoms with Crippen LogP contribution in [-0.4, -0.2) is 47.8 Å². The molecule has 0 amide bonds. The van der Waals surface area contributed by atoms with E-state index in [0.717, 1.165) is 60.1 Å². The van der Waals surface area contributed by atoms with Crippen molar-refractivity contribution >= 4 is 17.8 Å². The topological polar surface area (TPSA) is 122 Å². The van der Waals surface area contributed by atoms with Gasteiger partial charge in [0.25, 0.3) is 11.8 Å². The van der Waals surface area contributed by atoms with Crippen molar-refractivity contribution in [2.24, 2.45) is 5.41 Å². The molecule has 2 atom stereocenters. The zero-order valence-corrected chi connectivity index (χ0v) is 23.7. The van der Waals surface area contributed by atoms with Gasteiger partial charge in [0.15, 0.2) is 0 Å². The normalized spacial score (nSPS) is 20.4. The van der Waals surface area contributed by atoms with Crippen molar-refractivity contribution in [3.05, 3.63) is 76.5 Å². The van der Waals surface area contributed by atoms with Gasteiger partial charge in [0.2, 0.25) is 5.82 Å². The number of aryl methyl sites for hydroxylation is 1. The van der Waals surface area contributed by atoms with E-state index >= 15 is 0 Å². The maximum absolute atomic E-state index is 14.1. The third-order valence-electron chi connectivity index (χ3n) is 8.63. The minimum atomic E-state index is -0.531. The van der Waals surface area contributed by atoms with Crippen LogP contribution in [0.1, 0.15) is 90.4 Å². The second-order valence-electron chi connectivity index (χ2n) is 11.2. The van der Waals surface area contributed by atoms with Crippen LogP contribution in [0.15, 0.2) is 48.5 Å². The van der Waals surface area contributed by atoms with Crippen LogP contribution >= 0.6 is 0 Å². The zero-order valence-electron chi connectivity index (χ0n) is 23.7. The number of tetrazole rings is 1. The lowest BCUT2D eigenvalue weighted by Crippen LogP contribution is -2.21. The number of benzene rings is 2. The molecule has 0 bridgehead atoms. The molecule has 210 valence electrons. The van der Waals surface area contributed by atoms with Gasteiger partial charge in [-0.25, -0.2) is 0 Å². The Morgan fingerprint density at radius 2 is 1.63 bits per heavy atom. The molecule has 1 fully saturated rings. The van der Waals surface area contributed by atoms with Crippen LogP contribution in [0.3, 0.4) is 0 Å². The van der Waals surface area contributed by atoms with Gasteiger partial charge in [0, 0.05) is 23.5 Å². The molecule has 2 aromatic carbocycles. The van der Waals surface area contributed by atoms with Gasteiger partial charge in [-0.1, -0.05) is 61.8 Å². The van der Waals surface area contributed by atoms with Crippen molar-refractivity contribution in [1.82, 2.24) is 30.0 Å². The molecule has 2 aromatic heterocycles. The average Bonchev–Trinajstić information content (AvgIpc) is 3.29. The summed E-state index contributed by atoms with van der Waals surface area (Å²) in [6, 6.07) is 13.8. The highest BCUT2D eigenvalue weighted by atomic mass is 16.5. The van der Waals surface area contributed by atoms with E-state index in [4.69, 9.17) is 9.84 Å². The van der Waals surface area contributed by atoms with Gasteiger partial charge >= 0.3 is 5.97 Å². The molecule has 2 aliphatic rings. The summed E-state index contributed by atoms with van der Waals surface area (Å²) in [6.45, 7) is 7.50. The highest BCUT2D eigenvalue weighted by Crippen LogP contribution is 2.75. The molecule has 2 aliphatic carbocycles. The quantitative estimate of drug-likeness (QED) is 0.223. The van der Waals surface area contributed by atoms with Crippen LogP contribution in [0.5, 0.6) is 5.75 Å². The summed E-state index contributed by atoms with van der Waals surface area (Å²) in [4.78, 5) is 40.1. The first-order chi connectivity index (χ1) is 19.7. The molecule has 10 heteroatoms. The number of rotatable bonds is 8. The molecule has 1 saturated carbocycles. The van der Waals surface area contributed by atoms with Crippen molar-refractivity contribution in [2.75, 3.05) is 0 Å². The molecule has 2 unspecified atom stereocenters. The Morgan fingerprint density at radius 1 is 0.927 bits per heavy atom. The van der Waals surface area contributed by atoms with Crippen molar-refractivity contribution in [2.45, 2.75) is 71.6 Å². The zero-order chi connectivity index (χ0) is 28.9. The van der Waals surface area contributed by atoms with Gasteiger partial charge in [0.05, 0.1) is 11.3 Å². The molecule has 4 aromatic rings. The Morgan fingerprint density at radius 3 is 2.34 bits per heavy atom. The first kappa shape index (κ1) is 26.7. The highest BCUT2D eigenvalue weighted by molar-refractivity contribution is 6.01. The molecule has 0 saturated heterocycles. The first-order valence-corrected chi connectivity index (χ1v) is 14.1. The van der Waals surface area contributed by atoms with E-state index in [0.29, 0.717) is 11.3 Å². The predicted molar refractivity (Wildman–Crippen MR) is 150 cm³/mol. The lowest BCUT2D eigenvalue weighted by molar-refractivity contribution is -0.131. The van der Waals surface area contributed by atoms with Crippen molar-refractivity contribution in [3.8, 4) is 17.3 Å². The van der Waals surface area contributed by atoms with Crippen molar-refractivity contribution in [3.63, 3.8) is 0 Å². The Bertz CT molecular complexity index is 1700. The smallest absolute Gasteiger partial charge is 0.308 e. The first-order valence-electron chi connectivity index (χ1n) is 14.1. The second-order valence-corrected chi connectivity index (χ2v) is 11.2. The third-order valence-corrected chi connectivity index (χ3v) is 8.63. The number of esters is 1. The van der Waals surface area contributed by atoms with Gasteiger partial charge in [-0.15, -0.1) is 10.2 Å². The predicted octanol–water partition coefficient (Wildman–Crippen LogP) is 4.93. The number of ether oxygens (including phenoxy) is 1. The fourth-order valence-electron chi connectivity index (χ4n) is 6.93. The fraction of sp³-hybridized carbons (Fsp3) is 0.387.